The molecule has 1 saturated carbocycles. The number of rotatable bonds is 5. The Morgan fingerprint density at radius 2 is 1.93 bits per heavy atom. The Morgan fingerprint density at radius 3 is 2.63 bits per heavy atom. The SMILES string of the molecule is CN1CCC(OC(=O)N2CCC(CC#Cc3nc(N)c4ncn([C@@H]5O[C@H](C(=O)NC6CC6)C(O)[C@@H]5O)c4n3)CC2)C1. The Hall–Kier alpha value is -3.51. The van der Waals surface area contributed by atoms with Crippen LogP contribution in [0.2, 0.25) is 0 Å². The Bertz CT molecular complexity index is 1360. The number of amides is 2. The van der Waals surface area contributed by atoms with E-state index in [0.29, 0.717) is 30.9 Å². The maximum atomic E-state index is 12.5. The van der Waals surface area contributed by atoms with Gasteiger partial charge in [0.15, 0.2) is 23.8 Å². The number of aliphatic hydroxyl groups is 2. The van der Waals surface area contributed by atoms with Crippen LogP contribution in [-0.4, -0.2) is 115 Å². The lowest BCUT2D eigenvalue weighted by Crippen LogP contribution is -2.43. The number of imidazole rings is 1. The van der Waals surface area contributed by atoms with Crippen molar-refractivity contribution in [3.8, 4) is 11.8 Å². The molecule has 14 nitrogen and oxygen atoms in total. The number of nitrogens with zero attached hydrogens (tertiary/aromatic N) is 6. The van der Waals surface area contributed by atoms with Crippen LogP contribution >= 0.6 is 0 Å². The van der Waals surface area contributed by atoms with Crippen molar-refractivity contribution in [2.45, 2.75) is 75.2 Å². The fraction of sp³-hybridized carbons (Fsp3) is 0.667. The minimum absolute atomic E-state index is 0.0287. The van der Waals surface area contributed by atoms with Gasteiger partial charge in [-0.1, -0.05) is 5.92 Å². The Morgan fingerprint density at radius 1 is 1.15 bits per heavy atom. The van der Waals surface area contributed by atoms with Crippen molar-refractivity contribution in [2.24, 2.45) is 5.92 Å². The zero-order valence-corrected chi connectivity index (χ0v) is 23.0. The molecule has 5 heterocycles. The number of anilines is 1. The largest absolute Gasteiger partial charge is 0.445 e. The molecule has 0 aromatic carbocycles. The number of likely N-dealkylation sites (N-methyl/N-ethyl adjacent to an activating group) is 1. The molecular weight excluding hydrogens is 532 g/mol. The van der Waals surface area contributed by atoms with E-state index in [2.05, 4.69) is 37.0 Å². The average molecular weight is 569 g/mol. The number of hydrogen-bond acceptors (Lipinski definition) is 11. The molecule has 6 rings (SSSR count). The van der Waals surface area contributed by atoms with E-state index in [4.69, 9.17) is 15.2 Å². The summed E-state index contributed by atoms with van der Waals surface area (Å²) in [5.41, 5.74) is 6.71. The molecule has 2 aromatic heterocycles. The summed E-state index contributed by atoms with van der Waals surface area (Å²) in [4.78, 5) is 41.9. The zero-order chi connectivity index (χ0) is 28.7. The van der Waals surface area contributed by atoms with E-state index >= 15 is 0 Å². The van der Waals surface area contributed by atoms with Gasteiger partial charge >= 0.3 is 6.09 Å². The first-order valence-corrected chi connectivity index (χ1v) is 14.2. The summed E-state index contributed by atoms with van der Waals surface area (Å²) in [5.74, 6) is 6.29. The highest BCUT2D eigenvalue weighted by atomic mass is 16.6. The van der Waals surface area contributed by atoms with Gasteiger partial charge in [0.2, 0.25) is 5.82 Å². The number of aliphatic hydroxyl groups excluding tert-OH is 2. The van der Waals surface area contributed by atoms with Crippen LogP contribution in [0.3, 0.4) is 0 Å². The Balaban J connectivity index is 1.07. The van der Waals surface area contributed by atoms with Crippen molar-refractivity contribution < 1.29 is 29.3 Å². The van der Waals surface area contributed by atoms with Crippen molar-refractivity contribution in [1.82, 2.24) is 34.6 Å². The molecule has 5 N–H and O–H groups in total. The quantitative estimate of drug-likeness (QED) is 0.345. The maximum absolute atomic E-state index is 12.5. The van der Waals surface area contributed by atoms with E-state index in [0.717, 1.165) is 45.2 Å². The standard InChI is InChI=1S/C27H36N8O6/c1-33-10-9-17(13-33)40-27(39)34-11-7-15(8-12-34)3-2-4-18-31-23(28)19-24(32-18)35(14-29-19)26-21(37)20(36)22(41-26)25(38)30-16-5-6-16/h14-17,20-22,26,36-37H,3,5-13H2,1H3,(H,30,38)(H2,28,31,32)/t17?,20?,21-,22-,26+/m0/s1. The van der Waals surface area contributed by atoms with Crippen LogP contribution in [-0.2, 0) is 14.3 Å². The predicted molar refractivity (Wildman–Crippen MR) is 145 cm³/mol. The molecule has 2 unspecified atom stereocenters. The van der Waals surface area contributed by atoms with Gasteiger partial charge in [0.05, 0.1) is 6.33 Å². The van der Waals surface area contributed by atoms with E-state index in [1.54, 1.807) is 4.90 Å². The van der Waals surface area contributed by atoms with Crippen LogP contribution in [0.25, 0.3) is 11.2 Å². The van der Waals surface area contributed by atoms with Crippen molar-refractivity contribution in [3.05, 3.63) is 12.2 Å². The topological polar surface area (TPSA) is 181 Å². The number of hydrogen-bond donors (Lipinski definition) is 4. The van der Waals surface area contributed by atoms with Gasteiger partial charge in [-0.3, -0.25) is 9.36 Å². The third-order valence-corrected chi connectivity index (χ3v) is 8.22. The summed E-state index contributed by atoms with van der Waals surface area (Å²) < 4.78 is 12.9. The van der Waals surface area contributed by atoms with E-state index in [-0.39, 0.29) is 35.5 Å². The third kappa shape index (κ3) is 5.94. The number of likely N-dealkylation sites (tertiary alicyclic amines) is 2. The van der Waals surface area contributed by atoms with Gasteiger partial charge in [0.1, 0.15) is 23.8 Å². The summed E-state index contributed by atoms with van der Waals surface area (Å²) >= 11 is 0. The highest BCUT2D eigenvalue weighted by Gasteiger charge is 2.48. The number of nitrogens with one attached hydrogen (secondary N) is 1. The minimum Gasteiger partial charge on any atom is -0.445 e. The van der Waals surface area contributed by atoms with Crippen molar-refractivity contribution in [2.75, 3.05) is 39.0 Å². The molecule has 3 saturated heterocycles. The number of piperidine rings is 1. The molecule has 2 aromatic rings. The first kappa shape index (κ1) is 27.6. The molecule has 0 spiro atoms. The number of aromatic nitrogens is 4. The van der Waals surface area contributed by atoms with Crippen molar-refractivity contribution in [3.63, 3.8) is 0 Å². The third-order valence-electron chi connectivity index (χ3n) is 8.22. The molecule has 41 heavy (non-hydrogen) atoms. The number of carbonyl (C=O) groups is 2. The van der Waals surface area contributed by atoms with E-state index in [1.807, 2.05) is 7.05 Å². The van der Waals surface area contributed by atoms with Crippen molar-refractivity contribution in [1.29, 1.82) is 0 Å². The summed E-state index contributed by atoms with van der Waals surface area (Å²) in [6.07, 6.45) is 0.958. The molecule has 0 bridgehead atoms. The second kappa shape index (κ2) is 11.4. The van der Waals surface area contributed by atoms with Gasteiger partial charge in [-0.05, 0) is 51.0 Å². The van der Waals surface area contributed by atoms with E-state index in [9.17, 15) is 19.8 Å². The second-order valence-corrected chi connectivity index (χ2v) is 11.5. The normalized spacial score (nSPS) is 29.0. The molecule has 1 aliphatic carbocycles. The molecule has 5 atom stereocenters. The lowest BCUT2D eigenvalue weighted by atomic mass is 9.94. The highest BCUT2D eigenvalue weighted by Crippen LogP contribution is 2.33. The van der Waals surface area contributed by atoms with Crippen LogP contribution in [0.15, 0.2) is 6.33 Å². The van der Waals surface area contributed by atoms with Crippen LogP contribution < -0.4 is 11.1 Å². The molecule has 4 fully saturated rings. The van der Waals surface area contributed by atoms with Gasteiger partial charge in [-0.25, -0.2) is 19.7 Å². The number of carbonyl (C=O) groups excluding carboxylic acids is 2. The number of nitrogen functional groups attached to an aromatic ring is 1. The number of nitrogens with two attached hydrogens (primary N) is 1. The summed E-state index contributed by atoms with van der Waals surface area (Å²) in [7, 11) is 2.03. The smallest absolute Gasteiger partial charge is 0.410 e. The van der Waals surface area contributed by atoms with Gasteiger partial charge in [0.25, 0.3) is 5.91 Å². The van der Waals surface area contributed by atoms with E-state index < -0.39 is 30.4 Å². The average Bonchev–Trinajstić information content (AvgIpc) is 3.38. The summed E-state index contributed by atoms with van der Waals surface area (Å²) in [5, 5.41) is 24.0. The molecule has 4 aliphatic rings. The van der Waals surface area contributed by atoms with Gasteiger partial charge in [0, 0.05) is 38.6 Å². The van der Waals surface area contributed by atoms with Crippen LogP contribution in [0.4, 0.5) is 10.6 Å². The lowest BCUT2D eigenvalue weighted by Gasteiger charge is -2.31. The summed E-state index contributed by atoms with van der Waals surface area (Å²) in [6, 6.07) is 0.0883. The molecule has 14 heteroatoms. The number of ether oxygens (including phenoxy) is 2. The fourth-order valence-electron chi connectivity index (χ4n) is 5.60. The maximum Gasteiger partial charge on any atom is 0.410 e. The minimum atomic E-state index is -1.41. The first-order chi connectivity index (χ1) is 19.8. The number of fused-ring (bicyclic) bond motifs is 1. The van der Waals surface area contributed by atoms with Crippen LogP contribution in [0.5, 0.6) is 0 Å². The monoisotopic (exact) mass is 568 g/mol. The van der Waals surface area contributed by atoms with E-state index in [1.165, 1.54) is 10.9 Å². The molecule has 3 aliphatic heterocycles. The van der Waals surface area contributed by atoms with Gasteiger partial charge < -0.3 is 40.5 Å². The summed E-state index contributed by atoms with van der Waals surface area (Å²) in [6.45, 7) is 3.00. The highest BCUT2D eigenvalue weighted by molar-refractivity contribution is 5.83. The lowest BCUT2D eigenvalue weighted by molar-refractivity contribution is -0.137. The van der Waals surface area contributed by atoms with Crippen LogP contribution in [0.1, 0.15) is 50.6 Å². The second-order valence-electron chi connectivity index (χ2n) is 11.5. The Labute approximate surface area is 237 Å². The molecule has 2 amide bonds. The van der Waals surface area contributed by atoms with Gasteiger partial charge in [-0.15, -0.1) is 0 Å². The Kier molecular flexibility index (Phi) is 7.69. The molecular formula is C27H36N8O6. The predicted octanol–water partition coefficient (Wildman–Crippen LogP) is -0.399. The molecule has 0 radical (unpaired) electrons. The van der Waals surface area contributed by atoms with Crippen LogP contribution in [0, 0.1) is 17.8 Å². The first-order valence-electron chi connectivity index (χ1n) is 14.2. The molecule has 220 valence electrons. The zero-order valence-electron chi connectivity index (χ0n) is 23.0. The fourth-order valence-corrected chi connectivity index (χ4v) is 5.60. The van der Waals surface area contributed by atoms with Crippen molar-refractivity contribution >= 4 is 29.0 Å². The van der Waals surface area contributed by atoms with Gasteiger partial charge in [-0.2, -0.15) is 0 Å².